The van der Waals surface area contributed by atoms with Crippen molar-refractivity contribution in [2.75, 3.05) is 12.0 Å². The average molecular weight is 544 g/mol. The number of rotatable bonds is 4. The summed E-state index contributed by atoms with van der Waals surface area (Å²) >= 11 is 0. The largest absolute Gasteiger partial charge is 0.417 e. The number of halogens is 3. The lowest BCUT2D eigenvalue weighted by Gasteiger charge is -2.20. The minimum Gasteiger partial charge on any atom is -0.312 e. The van der Waals surface area contributed by atoms with Crippen LogP contribution in [0.3, 0.4) is 0 Å². The number of nitrogens with zero attached hydrogens (tertiary/aromatic N) is 7. The third-order valence-electron chi connectivity index (χ3n) is 5.80. The quantitative estimate of drug-likeness (QED) is 0.381. The maximum absolute atomic E-state index is 13.3. The first kappa shape index (κ1) is 26.0. The second-order valence-corrected chi connectivity index (χ2v) is 14.4. The van der Waals surface area contributed by atoms with Crippen LogP contribution in [0.1, 0.15) is 33.3 Å². The molecule has 0 spiro atoms. The van der Waals surface area contributed by atoms with Crippen molar-refractivity contribution >= 4 is 42.2 Å². The standard InChI is InChI=1S/C21H24F3N7O3S2/c1-7-36(33,34)19-15(18-27-13-10-12(21(22,23)24)11-26-16(13)30(18)5)17-25-9-8-14(31(17)28-19)29-35(6,32)20(2,3)4/h8-11H,7H2,1-6H3. The van der Waals surface area contributed by atoms with E-state index in [-0.39, 0.29) is 44.8 Å². The molecule has 36 heavy (non-hydrogen) atoms. The van der Waals surface area contributed by atoms with E-state index in [2.05, 4.69) is 24.4 Å². The zero-order valence-electron chi connectivity index (χ0n) is 20.3. The molecule has 0 aliphatic rings. The van der Waals surface area contributed by atoms with E-state index in [0.717, 1.165) is 6.07 Å². The van der Waals surface area contributed by atoms with E-state index in [0.29, 0.717) is 6.20 Å². The van der Waals surface area contributed by atoms with Crippen molar-refractivity contribution in [2.45, 2.75) is 43.6 Å². The number of pyridine rings is 1. The molecule has 4 rings (SSSR count). The number of aromatic nitrogens is 6. The van der Waals surface area contributed by atoms with Crippen LogP contribution >= 0.6 is 0 Å². The third-order valence-corrected chi connectivity index (χ3v) is 10.2. The Morgan fingerprint density at radius 2 is 1.75 bits per heavy atom. The second-order valence-electron chi connectivity index (χ2n) is 9.19. The van der Waals surface area contributed by atoms with Gasteiger partial charge in [0.2, 0.25) is 0 Å². The summed E-state index contributed by atoms with van der Waals surface area (Å²) in [6, 6.07) is 2.29. The molecule has 194 valence electrons. The SMILES string of the molecule is CCS(=O)(=O)c1nn2c(N=S(C)(=O)C(C)(C)C)ccnc2c1-c1nc2cc(C(F)(F)F)cnc2n1C. The van der Waals surface area contributed by atoms with Crippen LogP contribution in [0.2, 0.25) is 0 Å². The van der Waals surface area contributed by atoms with E-state index in [4.69, 9.17) is 0 Å². The molecule has 15 heteroatoms. The Balaban J connectivity index is 2.10. The molecule has 0 aliphatic heterocycles. The lowest BCUT2D eigenvalue weighted by molar-refractivity contribution is -0.137. The van der Waals surface area contributed by atoms with Crippen molar-refractivity contribution in [1.82, 2.24) is 29.1 Å². The van der Waals surface area contributed by atoms with Gasteiger partial charge in [-0.15, -0.1) is 0 Å². The summed E-state index contributed by atoms with van der Waals surface area (Å²) in [6.07, 6.45) is -1.09. The molecule has 0 bridgehead atoms. The Kier molecular flexibility index (Phi) is 5.94. The predicted molar refractivity (Wildman–Crippen MR) is 129 cm³/mol. The fraction of sp³-hybridized carbons (Fsp3) is 0.429. The molecule has 0 amide bonds. The van der Waals surface area contributed by atoms with Crippen molar-refractivity contribution in [3.8, 4) is 11.4 Å². The Hall–Kier alpha value is -3.07. The number of hydrogen-bond donors (Lipinski definition) is 0. The van der Waals surface area contributed by atoms with Crippen molar-refractivity contribution in [2.24, 2.45) is 11.4 Å². The first-order chi connectivity index (χ1) is 16.5. The molecular formula is C21H24F3N7O3S2. The van der Waals surface area contributed by atoms with Crippen LogP contribution in [0, 0.1) is 0 Å². The fourth-order valence-electron chi connectivity index (χ4n) is 3.30. The third kappa shape index (κ3) is 4.23. The van der Waals surface area contributed by atoms with Crippen LogP contribution in [0.15, 0.2) is 33.9 Å². The summed E-state index contributed by atoms with van der Waals surface area (Å²) in [7, 11) is -5.25. The fourth-order valence-corrected chi connectivity index (χ4v) is 5.05. The van der Waals surface area contributed by atoms with Gasteiger partial charge in [0.15, 0.2) is 32.0 Å². The lowest BCUT2D eigenvalue weighted by Crippen LogP contribution is -2.26. The highest BCUT2D eigenvalue weighted by Gasteiger charge is 2.33. The van der Waals surface area contributed by atoms with Gasteiger partial charge in [-0.05, 0) is 26.8 Å². The summed E-state index contributed by atoms with van der Waals surface area (Å²) in [5, 5.41) is 3.89. The van der Waals surface area contributed by atoms with Crippen LogP contribution in [0.25, 0.3) is 28.2 Å². The van der Waals surface area contributed by atoms with E-state index in [1.165, 1.54) is 41.6 Å². The molecule has 0 aromatic carbocycles. The van der Waals surface area contributed by atoms with Crippen LogP contribution in [-0.4, -0.2) is 58.5 Å². The average Bonchev–Trinajstić information content (AvgIpc) is 3.31. The zero-order valence-corrected chi connectivity index (χ0v) is 22.0. The molecule has 1 atom stereocenters. The van der Waals surface area contributed by atoms with Gasteiger partial charge in [0, 0.05) is 36.5 Å². The van der Waals surface area contributed by atoms with Gasteiger partial charge in [0.05, 0.1) is 21.0 Å². The van der Waals surface area contributed by atoms with E-state index < -0.39 is 36.1 Å². The minimum atomic E-state index is -4.63. The number of alkyl halides is 3. The van der Waals surface area contributed by atoms with Crippen molar-refractivity contribution in [1.29, 1.82) is 0 Å². The first-order valence-corrected chi connectivity index (χ1v) is 14.3. The molecule has 4 heterocycles. The van der Waals surface area contributed by atoms with Crippen LogP contribution in [0.5, 0.6) is 0 Å². The maximum Gasteiger partial charge on any atom is 0.417 e. The first-order valence-electron chi connectivity index (χ1n) is 10.7. The second kappa shape index (κ2) is 8.23. The Bertz CT molecular complexity index is 1740. The molecular weight excluding hydrogens is 519 g/mol. The molecule has 0 saturated carbocycles. The Morgan fingerprint density at radius 1 is 1.08 bits per heavy atom. The van der Waals surface area contributed by atoms with E-state index in [9.17, 15) is 25.8 Å². The molecule has 10 nitrogen and oxygen atoms in total. The molecule has 0 aliphatic carbocycles. The molecule has 0 saturated heterocycles. The van der Waals surface area contributed by atoms with Crippen molar-refractivity contribution in [3.63, 3.8) is 0 Å². The summed E-state index contributed by atoms with van der Waals surface area (Å²) in [6.45, 7) is 6.73. The van der Waals surface area contributed by atoms with E-state index in [1.807, 2.05) is 0 Å². The van der Waals surface area contributed by atoms with E-state index in [1.54, 1.807) is 20.8 Å². The van der Waals surface area contributed by atoms with Gasteiger partial charge in [-0.2, -0.15) is 27.1 Å². The number of imidazole rings is 1. The van der Waals surface area contributed by atoms with Gasteiger partial charge in [0.25, 0.3) is 0 Å². The Morgan fingerprint density at radius 3 is 2.33 bits per heavy atom. The highest BCUT2D eigenvalue weighted by molar-refractivity contribution is 7.94. The summed E-state index contributed by atoms with van der Waals surface area (Å²) in [5.41, 5.74) is -0.919. The predicted octanol–water partition coefficient (Wildman–Crippen LogP) is 4.02. The van der Waals surface area contributed by atoms with Crippen LogP contribution < -0.4 is 0 Å². The summed E-state index contributed by atoms with van der Waals surface area (Å²) in [4.78, 5) is 12.5. The zero-order chi connectivity index (χ0) is 26.8. The number of sulfone groups is 1. The summed E-state index contributed by atoms with van der Waals surface area (Å²) in [5.74, 6) is -0.183. The maximum atomic E-state index is 13.3. The highest BCUT2D eigenvalue weighted by Crippen LogP contribution is 2.36. The van der Waals surface area contributed by atoms with Crippen molar-refractivity contribution < 1.29 is 25.8 Å². The van der Waals surface area contributed by atoms with Gasteiger partial charge in [-0.3, -0.25) is 0 Å². The minimum absolute atomic E-state index is 0.0107. The molecule has 4 aromatic rings. The number of hydrogen-bond acceptors (Lipinski definition) is 8. The Labute approximate surface area is 205 Å². The molecule has 0 N–H and O–H groups in total. The summed E-state index contributed by atoms with van der Waals surface area (Å²) < 4.78 is 85.2. The van der Waals surface area contributed by atoms with Gasteiger partial charge in [0.1, 0.15) is 16.9 Å². The molecule has 0 fully saturated rings. The van der Waals surface area contributed by atoms with Gasteiger partial charge >= 0.3 is 6.18 Å². The van der Waals surface area contributed by atoms with Crippen LogP contribution in [0.4, 0.5) is 19.0 Å². The highest BCUT2D eigenvalue weighted by atomic mass is 32.2. The number of fused-ring (bicyclic) bond motifs is 2. The molecule has 4 aromatic heterocycles. The van der Waals surface area contributed by atoms with Gasteiger partial charge in [-0.1, -0.05) is 6.92 Å². The topological polar surface area (TPSA) is 124 Å². The smallest absolute Gasteiger partial charge is 0.312 e. The lowest BCUT2D eigenvalue weighted by atomic mass is 10.2. The van der Waals surface area contributed by atoms with Crippen LogP contribution in [-0.2, 0) is 32.8 Å². The number of aryl methyl sites for hydroxylation is 1. The molecule has 0 radical (unpaired) electrons. The normalized spacial score (nSPS) is 14.9. The van der Waals surface area contributed by atoms with E-state index >= 15 is 0 Å². The van der Waals surface area contributed by atoms with Gasteiger partial charge < -0.3 is 4.57 Å². The monoisotopic (exact) mass is 543 g/mol. The van der Waals surface area contributed by atoms with Gasteiger partial charge in [-0.25, -0.2) is 27.6 Å². The van der Waals surface area contributed by atoms with Crippen molar-refractivity contribution in [3.05, 3.63) is 30.1 Å². The molecule has 1 unspecified atom stereocenters.